The van der Waals surface area contributed by atoms with Crippen molar-refractivity contribution in [1.29, 1.82) is 0 Å². The first-order valence-electron chi connectivity index (χ1n) is 7.34. The van der Waals surface area contributed by atoms with Crippen molar-refractivity contribution in [2.75, 3.05) is 39.3 Å². The highest BCUT2D eigenvalue weighted by molar-refractivity contribution is 6.42. The molecule has 21 heavy (non-hydrogen) atoms. The first kappa shape index (κ1) is 16.8. The number of likely N-dealkylation sites (tertiary alicyclic amines) is 1. The highest BCUT2D eigenvalue weighted by Gasteiger charge is 2.11. The number of aliphatic hydroxyl groups excluding tert-OH is 1. The maximum absolute atomic E-state index is 9.87. The second-order valence-corrected chi connectivity index (χ2v) is 6.11. The van der Waals surface area contributed by atoms with Crippen LogP contribution in [0.25, 0.3) is 0 Å². The molecule has 0 aliphatic carbocycles. The van der Waals surface area contributed by atoms with Crippen molar-refractivity contribution in [3.63, 3.8) is 0 Å². The summed E-state index contributed by atoms with van der Waals surface area (Å²) in [7, 11) is 0. The summed E-state index contributed by atoms with van der Waals surface area (Å²) >= 11 is 11.7. The molecule has 2 rings (SSSR count). The lowest BCUT2D eigenvalue weighted by Gasteiger charge is -2.17. The summed E-state index contributed by atoms with van der Waals surface area (Å²) in [6, 6.07) is 5.07. The number of hydrogen-bond donors (Lipinski definition) is 2. The van der Waals surface area contributed by atoms with Crippen molar-refractivity contribution in [2.45, 2.75) is 18.9 Å². The molecule has 1 heterocycles. The van der Waals surface area contributed by atoms with Crippen LogP contribution in [0.2, 0.25) is 10.0 Å². The fraction of sp³-hybridized carbons (Fsp3) is 0.600. The van der Waals surface area contributed by atoms with Crippen LogP contribution in [0.1, 0.15) is 12.8 Å². The van der Waals surface area contributed by atoms with Crippen LogP contribution in [-0.4, -0.2) is 55.4 Å². The third-order valence-corrected chi connectivity index (χ3v) is 4.26. The van der Waals surface area contributed by atoms with E-state index >= 15 is 0 Å². The van der Waals surface area contributed by atoms with Crippen molar-refractivity contribution in [1.82, 2.24) is 10.2 Å². The second kappa shape index (κ2) is 8.81. The minimum atomic E-state index is -0.543. The van der Waals surface area contributed by atoms with E-state index in [1.165, 1.54) is 25.9 Å². The molecule has 0 saturated carbocycles. The van der Waals surface area contributed by atoms with E-state index in [1.54, 1.807) is 18.2 Å². The number of nitrogens with zero attached hydrogens (tertiary/aromatic N) is 1. The molecule has 2 N–H and O–H groups in total. The van der Waals surface area contributed by atoms with E-state index in [1.807, 2.05) is 0 Å². The Morgan fingerprint density at radius 1 is 1.24 bits per heavy atom. The van der Waals surface area contributed by atoms with Gasteiger partial charge in [0.15, 0.2) is 0 Å². The number of aliphatic hydroxyl groups is 1. The van der Waals surface area contributed by atoms with Gasteiger partial charge in [0.25, 0.3) is 0 Å². The van der Waals surface area contributed by atoms with Gasteiger partial charge in [0.2, 0.25) is 0 Å². The van der Waals surface area contributed by atoms with Gasteiger partial charge in [-0.3, -0.25) is 0 Å². The van der Waals surface area contributed by atoms with Crippen LogP contribution in [0.3, 0.4) is 0 Å². The Hall–Kier alpha value is -0.520. The standard InChI is InChI=1S/C15H22Cl2N2O2/c16-14-4-3-13(9-15(14)17)21-11-12(20)10-18-5-8-19-6-1-2-7-19/h3-4,9,12,18,20H,1-2,5-8,10-11H2. The number of rotatable bonds is 8. The molecule has 1 aromatic carbocycles. The fourth-order valence-corrected chi connectivity index (χ4v) is 2.62. The molecule has 1 aromatic rings. The van der Waals surface area contributed by atoms with E-state index in [9.17, 15) is 5.11 Å². The molecule has 1 fully saturated rings. The predicted octanol–water partition coefficient (Wildman–Crippen LogP) is 2.42. The number of nitrogens with one attached hydrogen (secondary N) is 1. The van der Waals surface area contributed by atoms with Gasteiger partial charge in [-0.15, -0.1) is 0 Å². The number of halogens is 2. The van der Waals surface area contributed by atoms with Crippen LogP contribution in [0, 0.1) is 0 Å². The molecule has 6 heteroatoms. The van der Waals surface area contributed by atoms with Gasteiger partial charge in [-0.05, 0) is 38.1 Å². The molecule has 118 valence electrons. The summed E-state index contributed by atoms with van der Waals surface area (Å²) in [5.74, 6) is 0.612. The van der Waals surface area contributed by atoms with E-state index in [2.05, 4.69) is 10.2 Å². The fourth-order valence-electron chi connectivity index (χ4n) is 2.33. The number of hydrogen-bond acceptors (Lipinski definition) is 4. The molecule has 1 unspecified atom stereocenters. The van der Waals surface area contributed by atoms with E-state index in [0.717, 1.165) is 13.1 Å². The van der Waals surface area contributed by atoms with Gasteiger partial charge >= 0.3 is 0 Å². The Kier molecular flexibility index (Phi) is 7.07. The van der Waals surface area contributed by atoms with Crippen LogP contribution < -0.4 is 10.1 Å². The summed E-state index contributed by atoms with van der Waals surface area (Å²) in [6.45, 7) is 5.09. The SMILES string of the molecule is OC(CNCCN1CCCC1)COc1ccc(Cl)c(Cl)c1. The van der Waals surface area contributed by atoms with E-state index in [4.69, 9.17) is 27.9 Å². The minimum absolute atomic E-state index is 0.231. The number of ether oxygens (including phenoxy) is 1. The normalized spacial score (nSPS) is 17.1. The van der Waals surface area contributed by atoms with Crippen LogP contribution in [0.5, 0.6) is 5.75 Å². The molecule has 0 bridgehead atoms. The Bertz CT molecular complexity index is 440. The zero-order chi connectivity index (χ0) is 15.1. The average molecular weight is 333 g/mol. The summed E-state index contributed by atoms with van der Waals surface area (Å²) < 4.78 is 5.49. The maximum Gasteiger partial charge on any atom is 0.121 e. The zero-order valence-electron chi connectivity index (χ0n) is 12.0. The van der Waals surface area contributed by atoms with Crippen molar-refractivity contribution in [3.05, 3.63) is 28.2 Å². The summed E-state index contributed by atoms with van der Waals surface area (Å²) in [5.41, 5.74) is 0. The molecular formula is C15H22Cl2N2O2. The molecule has 0 aromatic heterocycles. The summed E-state index contributed by atoms with van der Waals surface area (Å²) in [5, 5.41) is 14.1. The van der Waals surface area contributed by atoms with Crippen molar-refractivity contribution >= 4 is 23.2 Å². The Morgan fingerprint density at radius 3 is 2.71 bits per heavy atom. The quantitative estimate of drug-likeness (QED) is 0.717. The molecule has 0 spiro atoms. The van der Waals surface area contributed by atoms with Crippen LogP contribution in [0.4, 0.5) is 0 Å². The van der Waals surface area contributed by atoms with E-state index in [0.29, 0.717) is 22.3 Å². The maximum atomic E-state index is 9.87. The molecule has 1 aliphatic heterocycles. The molecule has 1 atom stereocenters. The first-order chi connectivity index (χ1) is 10.1. The minimum Gasteiger partial charge on any atom is -0.491 e. The molecule has 0 amide bonds. The molecular weight excluding hydrogens is 311 g/mol. The van der Waals surface area contributed by atoms with Gasteiger partial charge in [-0.2, -0.15) is 0 Å². The van der Waals surface area contributed by atoms with Crippen LogP contribution in [0.15, 0.2) is 18.2 Å². The van der Waals surface area contributed by atoms with Gasteiger partial charge in [-0.25, -0.2) is 0 Å². The lowest BCUT2D eigenvalue weighted by atomic mass is 10.3. The lowest BCUT2D eigenvalue weighted by molar-refractivity contribution is 0.106. The van der Waals surface area contributed by atoms with Gasteiger partial charge in [0.05, 0.1) is 10.0 Å². The van der Waals surface area contributed by atoms with Gasteiger partial charge in [0.1, 0.15) is 18.5 Å². The molecule has 1 aliphatic rings. The molecule has 0 radical (unpaired) electrons. The van der Waals surface area contributed by atoms with Crippen molar-refractivity contribution in [3.8, 4) is 5.75 Å². The second-order valence-electron chi connectivity index (χ2n) is 5.29. The third kappa shape index (κ3) is 6.01. The van der Waals surface area contributed by atoms with Crippen molar-refractivity contribution < 1.29 is 9.84 Å². The average Bonchev–Trinajstić information content (AvgIpc) is 2.98. The van der Waals surface area contributed by atoms with Gasteiger partial charge in [-0.1, -0.05) is 23.2 Å². The molecule has 1 saturated heterocycles. The Balaban J connectivity index is 1.58. The van der Waals surface area contributed by atoms with E-state index in [-0.39, 0.29) is 6.61 Å². The molecule has 4 nitrogen and oxygen atoms in total. The van der Waals surface area contributed by atoms with Crippen molar-refractivity contribution in [2.24, 2.45) is 0 Å². The first-order valence-corrected chi connectivity index (χ1v) is 8.10. The summed E-state index contributed by atoms with van der Waals surface area (Å²) in [4.78, 5) is 2.44. The highest BCUT2D eigenvalue weighted by Crippen LogP contribution is 2.26. The Morgan fingerprint density at radius 2 is 2.00 bits per heavy atom. The van der Waals surface area contributed by atoms with Crippen LogP contribution >= 0.6 is 23.2 Å². The predicted molar refractivity (Wildman–Crippen MR) is 86.5 cm³/mol. The lowest BCUT2D eigenvalue weighted by Crippen LogP contribution is -2.36. The monoisotopic (exact) mass is 332 g/mol. The largest absolute Gasteiger partial charge is 0.491 e. The third-order valence-electron chi connectivity index (χ3n) is 3.52. The Labute approximate surface area is 136 Å². The number of benzene rings is 1. The van der Waals surface area contributed by atoms with E-state index < -0.39 is 6.10 Å². The van der Waals surface area contributed by atoms with Gasteiger partial charge in [0, 0.05) is 25.7 Å². The summed E-state index contributed by atoms with van der Waals surface area (Å²) in [6.07, 6.45) is 2.07. The van der Waals surface area contributed by atoms with Crippen LogP contribution in [-0.2, 0) is 0 Å². The zero-order valence-corrected chi connectivity index (χ0v) is 13.5. The topological polar surface area (TPSA) is 44.7 Å². The highest BCUT2D eigenvalue weighted by atomic mass is 35.5. The smallest absolute Gasteiger partial charge is 0.121 e. The van der Waals surface area contributed by atoms with Gasteiger partial charge < -0.3 is 20.1 Å².